The number of benzene rings is 1. The number of halogens is 5. The Morgan fingerprint density at radius 2 is 1.93 bits per heavy atom. The highest BCUT2D eigenvalue weighted by molar-refractivity contribution is 9.10. The lowest BCUT2D eigenvalue weighted by Crippen LogP contribution is -2.30. The quantitative estimate of drug-likeness (QED) is 0.790. The monoisotopic (exact) mass is 285 g/mol. The van der Waals surface area contributed by atoms with Crippen LogP contribution in [0.4, 0.5) is 23.2 Å². The zero-order chi connectivity index (χ0) is 11.6. The maximum atomic E-state index is 13.0. The third kappa shape index (κ3) is 2.92. The van der Waals surface area contributed by atoms with Crippen LogP contribution in [-0.2, 0) is 4.79 Å². The van der Waals surface area contributed by atoms with Crippen molar-refractivity contribution in [2.45, 2.75) is 6.18 Å². The Kier molecular flexibility index (Phi) is 3.33. The Bertz CT molecular complexity index is 370. The number of para-hydroxylation sites is 1. The van der Waals surface area contributed by atoms with Gasteiger partial charge in [0, 0.05) is 4.47 Å². The highest BCUT2D eigenvalue weighted by Crippen LogP contribution is 2.27. The Hall–Kier alpha value is -1.11. The number of amides is 1. The topological polar surface area (TPSA) is 29.1 Å². The van der Waals surface area contributed by atoms with E-state index in [1.165, 1.54) is 17.4 Å². The van der Waals surface area contributed by atoms with E-state index >= 15 is 0 Å². The van der Waals surface area contributed by atoms with Crippen molar-refractivity contribution in [3.8, 4) is 0 Å². The molecule has 0 aliphatic heterocycles. The molecule has 1 rings (SSSR count). The Morgan fingerprint density at radius 3 is 2.40 bits per heavy atom. The molecule has 0 fully saturated rings. The van der Waals surface area contributed by atoms with Crippen molar-refractivity contribution >= 4 is 27.5 Å². The van der Waals surface area contributed by atoms with Gasteiger partial charge in [0.05, 0.1) is 5.69 Å². The molecule has 0 saturated carbocycles. The van der Waals surface area contributed by atoms with Crippen LogP contribution >= 0.6 is 15.9 Å². The summed E-state index contributed by atoms with van der Waals surface area (Å²) in [4.78, 5) is 10.5. The van der Waals surface area contributed by atoms with Crippen molar-refractivity contribution in [1.82, 2.24) is 0 Å². The fourth-order valence-electron chi connectivity index (χ4n) is 0.802. The highest BCUT2D eigenvalue weighted by atomic mass is 79.9. The first kappa shape index (κ1) is 12.0. The van der Waals surface area contributed by atoms with E-state index in [0.717, 1.165) is 6.07 Å². The van der Waals surface area contributed by atoms with Crippen molar-refractivity contribution in [2.75, 3.05) is 5.32 Å². The number of carbonyl (C=O) groups is 1. The van der Waals surface area contributed by atoms with E-state index in [9.17, 15) is 22.4 Å². The second-order valence-electron chi connectivity index (χ2n) is 2.55. The summed E-state index contributed by atoms with van der Waals surface area (Å²) in [7, 11) is 0. The minimum Gasteiger partial charge on any atom is -0.315 e. The van der Waals surface area contributed by atoms with Gasteiger partial charge >= 0.3 is 12.1 Å². The molecule has 0 saturated heterocycles. The van der Waals surface area contributed by atoms with Crippen molar-refractivity contribution in [2.24, 2.45) is 0 Å². The van der Waals surface area contributed by atoms with Gasteiger partial charge in [-0.3, -0.25) is 4.79 Å². The summed E-state index contributed by atoms with van der Waals surface area (Å²) >= 11 is 2.82. The molecule has 0 radical (unpaired) electrons. The molecule has 0 atom stereocenters. The molecule has 0 heterocycles. The van der Waals surface area contributed by atoms with Crippen molar-refractivity contribution < 1.29 is 22.4 Å². The third-order valence-electron chi connectivity index (χ3n) is 1.46. The molecule has 7 heteroatoms. The largest absolute Gasteiger partial charge is 0.471 e. The normalized spacial score (nSPS) is 11.3. The van der Waals surface area contributed by atoms with Gasteiger partial charge in [-0.2, -0.15) is 13.2 Å². The summed E-state index contributed by atoms with van der Waals surface area (Å²) in [6.45, 7) is 0. The summed E-state index contributed by atoms with van der Waals surface area (Å²) in [5.74, 6) is -3.16. The fraction of sp³-hybridized carbons (Fsp3) is 0.125. The standard InChI is InChI=1S/C8H4BrF4NO/c9-4-2-1-3-5(10)6(4)14-7(15)8(11,12)13/h1-3H,(H,14,15). The molecule has 1 aromatic rings. The molecule has 0 aliphatic carbocycles. The lowest BCUT2D eigenvalue weighted by Gasteiger charge is -2.09. The molecule has 0 unspecified atom stereocenters. The second-order valence-corrected chi connectivity index (χ2v) is 3.40. The van der Waals surface area contributed by atoms with Crippen molar-refractivity contribution in [3.05, 3.63) is 28.5 Å². The molecule has 0 bridgehead atoms. The smallest absolute Gasteiger partial charge is 0.315 e. The number of anilines is 1. The molecule has 15 heavy (non-hydrogen) atoms. The summed E-state index contributed by atoms with van der Waals surface area (Å²) < 4.78 is 48.6. The number of rotatable bonds is 1. The van der Waals surface area contributed by atoms with Gasteiger partial charge < -0.3 is 5.32 Å². The number of nitrogens with one attached hydrogen (secondary N) is 1. The zero-order valence-electron chi connectivity index (χ0n) is 7.03. The summed E-state index contributed by atoms with van der Waals surface area (Å²) in [6.07, 6.45) is -5.04. The minimum atomic E-state index is -5.04. The highest BCUT2D eigenvalue weighted by Gasteiger charge is 2.39. The molecule has 2 nitrogen and oxygen atoms in total. The molecule has 1 aromatic carbocycles. The van der Waals surface area contributed by atoms with Crippen molar-refractivity contribution in [3.63, 3.8) is 0 Å². The first-order valence-electron chi connectivity index (χ1n) is 3.64. The Labute approximate surface area is 90.4 Å². The molecule has 1 N–H and O–H groups in total. The molecule has 0 spiro atoms. The van der Waals surface area contributed by atoms with Gasteiger partial charge in [-0.15, -0.1) is 0 Å². The minimum absolute atomic E-state index is 0.0418. The predicted octanol–water partition coefficient (Wildman–Crippen LogP) is 3.09. The summed E-state index contributed by atoms with van der Waals surface area (Å²) in [5.41, 5.74) is -0.528. The van der Waals surface area contributed by atoms with Crippen LogP contribution in [0.3, 0.4) is 0 Å². The fourth-order valence-corrected chi connectivity index (χ4v) is 1.24. The van der Waals surface area contributed by atoms with Crippen molar-refractivity contribution in [1.29, 1.82) is 0 Å². The van der Waals surface area contributed by atoms with Gasteiger partial charge in [0.2, 0.25) is 0 Å². The maximum Gasteiger partial charge on any atom is 0.471 e. The number of carbonyl (C=O) groups excluding carboxylic acids is 1. The first-order valence-corrected chi connectivity index (χ1v) is 4.44. The average Bonchev–Trinajstić information content (AvgIpc) is 2.09. The molecule has 0 aliphatic rings. The van der Waals surface area contributed by atoms with Crippen LogP contribution in [0, 0.1) is 5.82 Å². The predicted molar refractivity (Wildman–Crippen MR) is 48.8 cm³/mol. The van der Waals surface area contributed by atoms with Crippen LogP contribution in [0.2, 0.25) is 0 Å². The van der Waals surface area contributed by atoms with Gasteiger partial charge in [-0.25, -0.2) is 4.39 Å². The Morgan fingerprint density at radius 1 is 1.33 bits per heavy atom. The van der Waals surface area contributed by atoms with E-state index in [4.69, 9.17) is 0 Å². The van der Waals surface area contributed by atoms with Gasteiger partial charge in [0.25, 0.3) is 0 Å². The third-order valence-corrected chi connectivity index (χ3v) is 2.12. The average molecular weight is 286 g/mol. The number of alkyl halides is 3. The van der Waals surface area contributed by atoms with Crippen LogP contribution in [0.5, 0.6) is 0 Å². The van der Waals surface area contributed by atoms with Crippen LogP contribution in [0.15, 0.2) is 22.7 Å². The molecular weight excluding hydrogens is 282 g/mol. The summed E-state index contributed by atoms with van der Waals surface area (Å²) in [5, 5.41) is 1.43. The van der Waals surface area contributed by atoms with E-state index in [1.54, 1.807) is 0 Å². The molecule has 0 aromatic heterocycles. The van der Waals surface area contributed by atoms with Gasteiger partial charge in [0.1, 0.15) is 5.82 Å². The van der Waals surface area contributed by atoms with Crippen LogP contribution in [-0.4, -0.2) is 12.1 Å². The Balaban J connectivity index is 2.95. The molecular formula is C8H4BrF4NO. The SMILES string of the molecule is O=C(Nc1c(F)cccc1Br)C(F)(F)F. The lowest BCUT2D eigenvalue weighted by molar-refractivity contribution is -0.167. The van der Waals surface area contributed by atoms with Crippen LogP contribution < -0.4 is 5.32 Å². The van der Waals surface area contributed by atoms with E-state index in [2.05, 4.69) is 15.9 Å². The number of hydrogen-bond acceptors (Lipinski definition) is 1. The first-order chi connectivity index (χ1) is 6.82. The molecule has 82 valence electrons. The van der Waals surface area contributed by atoms with E-state index < -0.39 is 23.6 Å². The molecule has 1 amide bonds. The lowest BCUT2D eigenvalue weighted by atomic mass is 10.3. The van der Waals surface area contributed by atoms with Gasteiger partial charge in [-0.1, -0.05) is 6.07 Å². The van der Waals surface area contributed by atoms with E-state index in [0.29, 0.717) is 0 Å². The summed E-state index contributed by atoms with van der Waals surface area (Å²) in [6, 6.07) is 3.55. The maximum absolute atomic E-state index is 13.0. The van der Waals surface area contributed by atoms with Crippen LogP contribution in [0.25, 0.3) is 0 Å². The van der Waals surface area contributed by atoms with E-state index in [-0.39, 0.29) is 4.47 Å². The van der Waals surface area contributed by atoms with Crippen LogP contribution in [0.1, 0.15) is 0 Å². The van der Waals surface area contributed by atoms with E-state index in [1.807, 2.05) is 0 Å². The van der Waals surface area contributed by atoms with Gasteiger partial charge in [-0.05, 0) is 28.1 Å². The number of hydrogen-bond donors (Lipinski definition) is 1. The van der Waals surface area contributed by atoms with Gasteiger partial charge in [0.15, 0.2) is 0 Å². The second kappa shape index (κ2) is 4.18. The zero-order valence-corrected chi connectivity index (χ0v) is 8.62.